The molecule has 0 aliphatic carbocycles. The van der Waals surface area contributed by atoms with Crippen molar-refractivity contribution < 1.29 is 14.3 Å². The van der Waals surface area contributed by atoms with Gasteiger partial charge < -0.3 is 20.1 Å². The molecule has 4 heterocycles. The Hall–Kier alpha value is -2.19. The third-order valence-electron chi connectivity index (χ3n) is 5.90. The quantitative estimate of drug-likeness (QED) is 0.585. The second kappa shape index (κ2) is 7.74. The maximum atomic E-state index is 13.2. The maximum Gasteiger partial charge on any atom is 0.205 e. The van der Waals surface area contributed by atoms with E-state index in [0.717, 1.165) is 40.3 Å². The zero-order valence-electron chi connectivity index (χ0n) is 17.5. The Bertz CT molecular complexity index is 1170. The molecule has 0 bridgehead atoms. The van der Waals surface area contributed by atoms with Gasteiger partial charge in [-0.1, -0.05) is 11.6 Å². The van der Waals surface area contributed by atoms with E-state index in [4.69, 9.17) is 31.8 Å². The summed E-state index contributed by atoms with van der Waals surface area (Å²) in [5.74, 6) is 0.818. The number of pyridine rings is 1. The summed E-state index contributed by atoms with van der Waals surface area (Å²) in [6, 6.07) is 6.89. The minimum Gasteiger partial charge on any atom is -0.397 e. The molecule has 1 aromatic carbocycles. The number of carbonyl (C=O) groups is 1. The number of aromatic nitrogens is 1. The van der Waals surface area contributed by atoms with E-state index in [-0.39, 0.29) is 11.4 Å². The Kier molecular flexibility index (Phi) is 5.17. The summed E-state index contributed by atoms with van der Waals surface area (Å²) >= 11 is 7.35. The number of morpholine rings is 1. The molecule has 0 unspecified atom stereocenters. The summed E-state index contributed by atoms with van der Waals surface area (Å²) in [4.78, 5) is 21.8. The molecule has 3 aromatic rings. The molecule has 8 heteroatoms. The van der Waals surface area contributed by atoms with Crippen molar-refractivity contribution in [3.63, 3.8) is 0 Å². The lowest BCUT2D eigenvalue weighted by Gasteiger charge is -2.36. The smallest absolute Gasteiger partial charge is 0.205 e. The number of anilines is 2. The largest absolute Gasteiger partial charge is 0.397 e. The van der Waals surface area contributed by atoms with Crippen LogP contribution in [-0.2, 0) is 22.5 Å². The Labute approximate surface area is 189 Å². The molecule has 1 fully saturated rings. The number of benzene rings is 1. The van der Waals surface area contributed by atoms with Crippen LogP contribution in [0.25, 0.3) is 10.2 Å². The number of nitrogens with two attached hydrogens (primary N) is 1. The van der Waals surface area contributed by atoms with Crippen LogP contribution in [-0.4, -0.2) is 42.7 Å². The molecular formula is C23H24ClN3O3S. The van der Waals surface area contributed by atoms with Gasteiger partial charge in [-0.15, -0.1) is 11.3 Å². The monoisotopic (exact) mass is 457 g/mol. The SMILES string of the molecule is CC1(C)Cc2c(c(N3CCOCC3)nc3sc(C(=O)c4ccc(Cl)cc4)c(N)c23)CO1. The number of carbonyl (C=O) groups excluding carboxylic acids is 1. The van der Waals surface area contributed by atoms with Crippen LogP contribution in [0.3, 0.4) is 0 Å². The fourth-order valence-electron chi connectivity index (χ4n) is 4.28. The summed E-state index contributed by atoms with van der Waals surface area (Å²) in [7, 11) is 0. The summed E-state index contributed by atoms with van der Waals surface area (Å²) < 4.78 is 11.7. The van der Waals surface area contributed by atoms with E-state index in [2.05, 4.69) is 18.7 Å². The van der Waals surface area contributed by atoms with Crippen molar-refractivity contribution >= 4 is 50.4 Å². The highest BCUT2D eigenvalue weighted by Gasteiger charge is 2.34. The number of ketones is 1. The van der Waals surface area contributed by atoms with Crippen LogP contribution in [0.15, 0.2) is 24.3 Å². The highest BCUT2D eigenvalue weighted by Crippen LogP contribution is 2.44. The Morgan fingerprint density at radius 2 is 1.90 bits per heavy atom. The number of nitrogen functional groups attached to an aromatic ring is 1. The van der Waals surface area contributed by atoms with Gasteiger partial charge in [-0.05, 0) is 43.7 Å². The number of hydrogen-bond acceptors (Lipinski definition) is 7. The first kappa shape index (κ1) is 20.7. The average Bonchev–Trinajstić information content (AvgIpc) is 3.09. The van der Waals surface area contributed by atoms with Gasteiger partial charge in [0, 0.05) is 41.0 Å². The zero-order valence-corrected chi connectivity index (χ0v) is 19.1. The highest BCUT2D eigenvalue weighted by molar-refractivity contribution is 7.21. The number of rotatable bonds is 3. The Balaban J connectivity index is 1.68. The van der Waals surface area contributed by atoms with Crippen LogP contribution in [0.1, 0.15) is 40.2 Å². The van der Waals surface area contributed by atoms with Crippen LogP contribution >= 0.6 is 22.9 Å². The minimum atomic E-state index is -0.307. The van der Waals surface area contributed by atoms with Crippen molar-refractivity contribution in [3.8, 4) is 0 Å². The predicted octanol–water partition coefficient (Wildman–Crippen LogP) is 4.45. The first-order valence-corrected chi connectivity index (χ1v) is 11.5. The summed E-state index contributed by atoms with van der Waals surface area (Å²) in [6.45, 7) is 7.56. The predicted molar refractivity (Wildman–Crippen MR) is 125 cm³/mol. The molecule has 0 spiro atoms. The molecule has 0 atom stereocenters. The Morgan fingerprint density at radius 3 is 2.61 bits per heavy atom. The third-order valence-corrected chi connectivity index (χ3v) is 7.25. The van der Waals surface area contributed by atoms with Gasteiger partial charge >= 0.3 is 0 Å². The average molecular weight is 458 g/mol. The van der Waals surface area contributed by atoms with Crippen LogP contribution in [0.2, 0.25) is 5.02 Å². The summed E-state index contributed by atoms with van der Waals surface area (Å²) in [5.41, 5.74) is 9.58. The first-order chi connectivity index (χ1) is 14.8. The van der Waals surface area contributed by atoms with Gasteiger partial charge in [0.1, 0.15) is 15.5 Å². The van der Waals surface area contributed by atoms with Crippen molar-refractivity contribution in [2.45, 2.75) is 32.5 Å². The number of thiophene rings is 1. The molecule has 6 nitrogen and oxygen atoms in total. The minimum absolute atomic E-state index is 0.106. The molecule has 1 saturated heterocycles. The van der Waals surface area contributed by atoms with Gasteiger partial charge in [-0.25, -0.2) is 4.98 Å². The third kappa shape index (κ3) is 3.69. The van der Waals surface area contributed by atoms with E-state index in [9.17, 15) is 4.79 Å². The van der Waals surface area contributed by atoms with Crippen LogP contribution in [0.5, 0.6) is 0 Å². The number of halogens is 1. The normalized spacial score (nSPS) is 18.2. The molecule has 5 rings (SSSR count). The lowest BCUT2D eigenvalue weighted by molar-refractivity contribution is -0.0396. The molecule has 2 aliphatic heterocycles. The fourth-order valence-corrected chi connectivity index (χ4v) is 5.49. The molecule has 2 aromatic heterocycles. The maximum absolute atomic E-state index is 13.2. The topological polar surface area (TPSA) is 77.7 Å². The summed E-state index contributed by atoms with van der Waals surface area (Å²) in [6.07, 6.45) is 0.716. The molecule has 2 N–H and O–H groups in total. The second-order valence-corrected chi connectivity index (χ2v) is 10.0. The fraction of sp³-hybridized carbons (Fsp3) is 0.391. The molecule has 0 saturated carbocycles. The van der Waals surface area contributed by atoms with Gasteiger partial charge in [-0.2, -0.15) is 0 Å². The number of hydrogen-bond donors (Lipinski definition) is 1. The van der Waals surface area contributed by atoms with Crippen molar-refractivity contribution in [2.75, 3.05) is 36.9 Å². The van der Waals surface area contributed by atoms with Gasteiger partial charge in [-0.3, -0.25) is 4.79 Å². The zero-order chi connectivity index (χ0) is 21.8. The standard InChI is InChI=1S/C23H24ClN3O3S/c1-23(2)11-15-16(12-30-23)21(27-7-9-29-10-8-27)26-22-17(15)18(25)20(31-22)19(28)13-3-5-14(24)6-4-13/h3-6H,7-12,25H2,1-2H3. The van der Waals surface area contributed by atoms with Crippen LogP contribution in [0, 0.1) is 0 Å². The number of fused-ring (bicyclic) bond motifs is 3. The number of nitrogens with zero attached hydrogens (tertiary/aromatic N) is 2. The molecule has 162 valence electrons. The molecular weight excluding hydrogens is 434 g/mol. The summed E-state index contributed by atoms with van der Waals surface area (Å²) in [5, 5.41) is 1.49. The van der Waals surface area contributed by atoms with Gasteiger partial charge in [0.25, 0.3) is 0 Å². The molecule has 0 radical (unpaired) electrons. The lowest BCUT2D eigenvalue weighted by Crippen LogP contribution is -2.39. The van der Waals surface area contributed by atoms with E-state index in [1.807, 2.05) is 0 Å². The molecule has 2 aliphatic rings. The van der Waals surface area contributed by atoms with Crippen molar-refractivity contribution in [2.24, 2.45) is 0 Å². The van der Waals surface area contributed by atoms with Crippen molar-refractivity contribution in [1.29, 1.82) is 0 Å². The van der Waals surface area contributed by atoms with E-state index < -0.39 is 0 Å². The van der Waals surface area contributed by atoms with Gasteiger partial charge in [0.15, 0.2) is 0 Å². The number of ether oxygens (including phenoxy) is 2. The highest BCUT2D eigenvalue weighted by atomic mass is 35.5. The molecule has 0 amide bonds. The first-order valence-electron chi connectivity index (χ1n) is 10.3. The van der Waals surface area contributed by atoms with E-state index in [1.165, 1.54) is 11.3 Å². The molecule has 31 heavy (non-hydrogen) atoms. The van der Waals surface area contributed by atoms with Crippen molar-refractivity contribution in [1.82, 2.24) is 4.98 Å². The van der Waals surface area contributed by atoms with E-state index in [1.54, 1.807) is 24.3 Å². The van der Waals surface area contributed by atoms with Crippen LogP contribution < -0.4 is 10.6 Å². The second-order valence-electron chi connectivity index (χ2n) is 8.58. The van der Waals surface area contributed by atoms with Crippen LogP contribution in [0.4, 0.5) is 11.5 Å². The van der Waals surface area contributed by atoms with E-state index >= 15 is 0 Å². The van der Waals surface area contributed by atoms with Crippen molar-refractivity contribution in [3.05, 3.63) is 50.9 Å². The Morgan fingerprint density at radius 1 is 1.19 bits per heavy atom. The van der Waals surface area contributed by atoms with E-state index in [0.29, 0.717) is 47.4 Å². The van der Waals surface area contributed by atoms with Gasteiger partial charge in [0.2, 0.25) is 5.78 Å². The lowest BCUT2D eigenvalue weighted by atomic mass is 9.89. The van der Waals surface area contributed by atoms with Gasteiger partial charge in [0.05, 0.1) is 31.1 Å².